The van der Waals surface area contributed by atoms with Crippen LogP contribution in [0.2, 0.25) is 5.02 Å². The Hall–Kier alpha value is -0.840. The van der Waals surface area contributed by atoms with E-state index in [-0.39, 0.29) is 17.4 Å². The molecule has 10 heteroatoms. The van der Waals surface area contributed by atoms with Gasteiger partial charge in [0.25, 0.3) is 5.56 Å². The monoisotopic (exact) mass is 337 g/mol. The van der Waals surface area contributed by atoms with E-state index in [0.717, 1.165) is 0 Å². The fraction of sp³-hybridized carbons (Fsp3) is 0.636. The topological polar surface area (TPSA) is 117 Å². The lowest BCUT2D eigenvalue weighted by Gasteiger charge is -2.35. The molecule has 0 aliphatic carbocycles. The van der Waals surface area contributed by atoms with E-state index >= 15 is 0 Å². The first-order valence-electron chi connectivity index (χ1n) is 6.09. The number of nitrogens with one attached hydrogen (secondary N) is 1. The van der Waals surface area contributed by atoms with Crippen LogP contribution in [0.25, 0.3) is 0 Å². The second kappa shape index (κ2) is 6.51. The number of halogens is 1. The summed E-state index contributed by atoms with van der Waals surface area (Å²) in [6.45, 7) is -0.159. The van der Waals surface area contributed by atoms with Gasteiger partial charge in [-0.1, -0.05) is 23.4 Å². The summed E-state index contributed by atoms with van der Waals surface area (Å²) in [5.74, 6) is 0.0526. The number of hydrogen-bond donors (Lipinski definition) is 4. The van der Waals surface area contributed by atoms with Crippen molar-refractivity contribution in [1.82, 2.24) is 9.55 Å². The Morgan fingerprint density at radius 3 is 2.71 bits per heavy atom. The second-order valence-electron chi connectivity index (χ2n) is 4.57. The van der Waals surface area contributed by atoms with Crippen LogP contribution in [0.15, 0.2) is 9.95 Å². The van der Waals surface area contributed by atoms with Gasteiger partial charge in [0.2, 0.25) is 0 Å². The van der Waals surface area contributed by atoms with Crippen molar-refractivity contribution in [3.63, 3.8) is 0 Å². The summed E-state index contributed by atoms with van der Waals surface area (Å²) < 4.78 is 6.49. The maximum atomic E-state index is 12.0. The molecule has 21 heavy (non-hydrogen) atoms. The van der Waals surface area contributed by atoms with Gasteiger partial charge in [-0.25, -0.2) is 4.98 Å². The highest BCUT2D eigenvalue weighted by Crippen LogP contribution is 2.23. The molecule has 118 valence electrons. The largest absolute Gasteiger partial charge is 0.388 e. The molecule has 0 bridgehead atoms. The van der Waals surface area contributed by atoms with Gasteiger partial charge < -0.3 is 25.4 Å². The summed E-state index contributed by atoms with van der Waals surface area (Å²) in [5.41, 5.74) is -0.440. The predicted octanol–water partition coefficient (Wildman–Crippen LogP) is -0.994. The molecule has 0 saturated carbocycles. The van der Waals surface area contributed by atoms with E-state index in [1.165, 1.54) is 16.3 Å². The molecule has 0 aromatic carbocycles. The zero-order valence-electron chi connectivity index (χ0n) is 11.4. The van der Waals surface area contributed by atoms with Crippen LogP contribution >= 0.6 is 23.4 Å². The van der Waals surface area contributed by atoms with Crippen molar-refractivity contribution in [2.24, 2.45) is 7.05 Å². The van der Waals surface area contributed by atoms with Gasteiger partial charge in [0.05, 0.1) is 6.61 Å². The smallest absolute Gasteiger partial charge is 0.274 e. The molecule has 2 rings (SSSR count). The van der Waals surface area contributed by atoms with Gasteiger partial charge in [-0.05, 0) is 6.26 Å². The van der Waals surface area contributed by atoms with Gasteiger partial charge in [-0.2, -0.15) is 0 Å². The number of thioether (sulfide) groups is 1. The minimum Gasteiger partial charge on any atom is -0.388 e. The van der Waals surface area contributed by atoms with Gasteiger partial charge in [0.15, 0.2) is 17.2 Å². The molecular formula is C11H16ClN3O5S. The first-order valence-corrected chi connectivity index (χ1v) is 7.70. The lowest BCUT2D eigenvalue weighted by Crippen LogP contribution is -2.55. The molecule has 4 atom stereocenters. The number of nitrogens with zero attached hydrogens (tertiary/aromatic N) is 2. The highest BCUT2D eigenvalue weighted by Gasteiger charge is 2.38. The highest BCUT2D eigenvalue weighted by molar-refractivity contribution is 7.98. The SMILES string of the molecule is CSc1nc(N[C@@H]2OC[C@@H](O)[C@@H](O)[C@@H]2O)c(Cl)c(=O)n1C. The normalized spacial score (nSPS) is 29.4. The molecule has 1 saturated heterocycles. The van der Waals surface area contributed by atoms with E-state index in [2.05, 4.69) is 10.3 Å². The average Bonchev–Trinajstić information content (AvgIpc) is 2.48. The highest BCUT2D eigenvalue weighted by atomic mass is 35.5. The summed E-state index contributed by atoms with van der Waals surface area (Å²) in [6, 6.07) is 0. The third-order valence-corrected chi connectivity index (χ3v) is 4.23. The van der Waals surface area contributed by atoms with Gasteiger partial charge in [-0.3, -0.25) is 9.36 Å². The molecular weight excluding hydrogens is 322 g/mol. The third kappa shape index (κ3) is 3.17. The number of aliphatic hydroxyl groups excluding tert-OH is 3. The summed E-state index contributed by atoms with van der Waals surface area (Å²) >= 11 is 7.20. The zero-order valence-corrected chi connectivity index (χ0v) is 12.9. The number of aliphatic hydroxyl groups is 3. The van der Waals surface area contributed by atoms with E-state index < -0.39 is 30.1 Å². The van der Waals surface area contributed by atoms with Crippen molar-refractivity contribution in [3.05, 3.63) is 15.4 Å². The lowest BCUT2D eigenvalue weighted by molar-refractivity contribution is -0.178. The first kappa shape index (κ1) is 16.5. The Morgan fingerprint density at radius 1 is 1.43 bits per heavy atom. The fourth-order valence-corrected chi connectivity index (χ4v) is 2.66. The van der Waals surface area contributed by atoms with Gasteiger partial charge in [0.1, 0.15) is 23.3 Å². The van der Waals surface area contributed by atoms with Crippen LogP contribution in [0, 0.1) is 0 Å². The number of anilines is 1. The number of rotatable bonds is 3. The Labute approximate surface area is 129 Å². The standard InChI is InChI=1S/C11H16ClN3O5S/c1-15-10(19)5(12)8(14-11(15)21-2)13-9-7(18)6(17)4(16)3-20-9/h4,6-7,9,13,16-18H,3H2,1-2H3/t4-,6-,7+,9-/m1/s1. The van der Waals surface area contributed by atoms with E-state index in [4.69, 9.17) is 16.3 Å². The number of aromatic nitrogens is 2. The van der Waals surface area contributed by atoms with Crippen molar-refractivity contribution < 1.29 is 20.1 Å². The van der Waals surface area contributed by atoms with E-state index in [0.29, 0.717) is 5.16 Å². The molecule has 2 heterocycles. The molecule has 0 amide bonds. The predicted molar refractivity (Wildman–Crippen MR) is 77.7 cm³/mol. The van der Waals surface area contributed by atoms with Gasteiger partial charge >= 0.3 is 0 Å². The van der Waals surface area contributed by atoms with Crippen molar-refractivity contribution in [3.8, 4) is 0 Å². The van der Waals surface area contributed by atoms with Crippen molar-refractivity contribution >= 4 is 29.2 Å². The summed E-state index contributed by atoms with van der Waals surface area (Å²) in [7, 11) is 1.54. The van der Waals surface area contributed by atoms with Crippen LogP contribution in [0.5, 0.6) is 0 Å². The molecule has 4 N–H and O–H groups in total. The minimum atomic E-state index is -1.38. The molecule has 0 unspecified atom stereocenters. The van der Waals surface area contributed by atoms with Gasteiger partial charge in [0, 0.05) is 7.05 Å². The molecule has 0 radical (unpaired) electrons. The Bertz CT molecular complexity index is 584. The quantitative estimate of drug-likeness (QED) is 0.410. The minimum absolute atomic E-state index is 0.0526. The van der Waals surface area contributed by atoms with Crippen LogP contribution < -0.4 is 10.9 Å². The van der Waals surface area contributed by atoms with E-state index in [1.54, 1.807) is 13.3 Å². The van der Waals surface area contributed by atoms with Crippen molar-refractivity contribution in [1.29, 1.82) is 0 Å². The van der Waals surface area contributed by atoms with Gasteiger partial charge in [-0.15, -0.1) is 0 Å². The lowest BCUT2D eigenvalue weighted by atomic mass is 10.0. The van der Waals surface area contributed by atoms with Crippen molar-refractivity contribution in [2.45, 2.75) is 29.7 Å². The summed E-state index contributed by atoms with van der Waals surface area (Å²) in [5, 5.41) is 31.8. The average molecular weight is 338 g/mol. The van der Waals surface area contributed by atoms with Crippen LogP contribution in [0.1, 0.15) is 0 Å². The Morgan fingerprint density at radius 2 is 2.10 bits per heavy atom. The van der Waals surface area contributed by atoms with Crippen LogP contribution in [0.4, 0.5) is 5.82 Å². The van der Waals surface area contributed by atoms with Crippen LogP contribution in [0.3, 0.4) is 0 Å². The second-order valence-corrected chi connectivity index (χ2v) is 5.72. The maximum absolute atomic E-state index is 12.0. The fourth-order valence-electron chi connectivity index (χ4n) is 1.90. The van der Waals surface area contributed by atoms with Crippen LogP contribution in [-0.4, -0.2) is 62.3 Å². The maximum Gasteiger partial charge on any atom is 0.274 e. The molecule has 1 fully saturated rings. The number of hydrogen-bond acceptors (Lipinski definition) is 8. The van der Waals surface area contributed by atoms with E-state index in [1.807, 2.05) is 0 Å². The molecule has 1 aromatic rings. The van der Waals surface area contributed by atoms with Crippen molar-refractivity contribution in [2.75, 3.05) is 18.2 Å². The molecule has 1 aliphatic heterocycles. The number of ether oxygens (including phenoxy) is 1. The summed E-state index contributed by atoms with van der Waals surface area (Å²) in [6.07, 6.45) is -3.19. The third-order valence-electron chi connectivity index (χ3n) is 3.16. The van der Waals surface area contributed by atoms with Crippen LogP contribution in [-0.2, 0) is 11.8 Å². The molecule has 1 aromatic heterocycles. The Kier molecular flexibility index (Phi) is 5.12. The Balaban J connectivity index is 2.28. The molecule has 1 aliphatic rings. The molecule has 8 nitrogen and oxygen atoms in total. The van der Waals surface area contributed by atoms with E-state index in [9.17, 15) is 20.1 Å². The molecule has 0 spiro atoms. The summed E-state index contributed by atoms with van der Waals surface area (Å²) in [4.78, 5) is 16.1. The zero-order chi connectivity index (χ0) is 15.7. The first-order chi connectivity index (χ1) is 9.86.